The van der Waals surface area contributed by atoms with E-state index in [9.17, 15) is 0 Å². The number of nitrogens with zero attached hydrogens (tertiary/aromatic N) is 2. The molecule has 10 nitrogen and oxygen atoms in total. The zero-order valence-corrected chi connectivity index (χ0v) is 6.05. The molecule has 0 rings (SSSR count). The van der Waals surface area contributed by atoms with Gasteiger partial charge in [-0.3, -0.25) is 0 Å². The maximum absolute atomic E-state index is 8.25. The number of rotatable bonds is 0. The summed E-state index contributed by atoms with van der Waals surface area (Å²) in [4.78, 5) is 16.5. The Balaban J connectivity index is -0.0000000339. The fourth-order valence-electron chi connectivity index (χ4n) is 0. The minimum Gasteiger partial charge on any atom is -0.369 e. The van der Waals surface area contributed by atoms with Crippen molar-refractivity contribution in [1.29, 1.82) is 0 Å². The molecule has 11 heavy (non-hydrogen) atoms. The molecule has 0 aromatic heterocycles. The van der Waals surface area contributed by atoms with Gasteiger partial charge < -0.3 is 42.5 Å². The van der Waals surface area contributed by atoms with Crippen LogP contribution < -0.4 is 11.9 Å². The highest BCUT2D eigenvalue weighted by Gasteiger charge is 1.46. The molecule has 0 bridgehead atoms. The Morgan fingerprint density at radius 1 is 0.909 bits per heavy atom. The molecule has 10 heteroatoms. The molecule has 0 fully saturated rings. The summed E-state index contributed by atoms with van der Waals surface area (Å²) in [5.74, 6) is 0. The van der Waals surface area contributed by atoms with Gasteiger partial charge in [0.2, 0.25) is 0 Å². The monoisotopic (exact) mass is 174 g/mol. The van der Waals surface area contributed by atoms with Gasteiger partial charge in [-0.05, 0) is 0 Å². The second kappa shape index (κ2) is 23.9. The maximum atomic E-state index is 8.25. The first-order valence-corrected chi connectivity index (χ1v) is 1.80. The standard InChI is InChI=1S/CH5N.2NO3.H3N/c1-2;2*2-1(3)4;/h2H2,1H3;;;1H3/q;2*-1;/p+2. The maximum Gasteiger partial charge on any atom is 0.0689 e. The SMILES string of the molecule is C[NH3+].O=[N+]([O-])[O-].O=[N+]([O-])[O-].[NH4+]. The van der Waals surface area contributed by atoms with E-state index in [0.29, 0.717) is 0 Å². The molecule has 0 heterocycles. The summed E-state index contributed by atoms with van der Waals surface area (Å²) in [5, 5.41) is 29.5. The lowest BCUT2D eigenvalue weighted by molar-refractivity contribution is -0.403. The van der Waals surface area contributed by atoms with Gasteiger partial charge in [0.05, 0.1) is 17.2 Å². The summed E-state index contributed by atoms with van der Waals surface area (Å²) in [6.07, 6.45) is 0. The summed E-state index contributed by atoms with van der Waals surface area (Å²) in [6, 6.07) is 0. The van der Waals surface area contributed by atoms with Crippen molar-refractivity contribution in [3.8, 4) is 0 Å². The molecule has 0 saturated heterocycles. The molecule has 0 spiro atoms. The second-order valence-corrected chi connectivity index (χ2v) is 0.447. The largest absolute Gasteiger partial charge is 0.369 e. The van der Waals surface area contributed by atoms with E-state index < -0.39 is 10.2 Å². The van der Waals surface area contributed by atoms with Crippen LogP contribution in [0.4, 0.5) is 0 Å². The minimum atomic E-state index is -1.75. The number of quaternary nitrogens is 2. The summed E-state index contributed by atoms with van der Waals surface area (Å²) >= 11 is 0. The Kier molecular flexibility index (Phi) is 49.5. The molecular weight excluding hydrogens is 164 g/mol. The molecule has 0 radical (unpaired) electrons. The minimum absolute atomic E-state index is 0. The van der Waals surface area contributed by atoms with Gasteiger partial charge in [-0.15, -0.1) is 0 Å². The van der Waals surface area contributed by atoms with Crippen molar-refractivity contribution in [2.24, 2.45) is 0 Å². The molecule has 7 N–H and O–H groups in total. The molecule has 0 aliphatic heterocycles. The number of hydrogen-bond donors (Lipinski definition) is 2. The predicted octanol–water partition coefficient (Wildman–Crippen LogP) is -1.24. The fraction of sp³-hybridized carbons (Fsp3) is 1.00. The lowest BCUT2D eigenvalue weighted by Gasteiger charge is -1.74. The van der Waals surface area contributed by atoms with Gasteiger partial charge in [0.15, 0.2) is 0 Å². The summed E-state index contributed by atoms with van der Waals surface area (Å²) in [7, 11) is 1.75. The third kappa shape index (κ3) is 118. The van der Waals surface area contributed by atoms with Crippen LogP contribution >= 0.6 is 0 Å². The van der Waals surface area contributed by atoms with Crippen LogP contribution in [0.1, 0.15) is 0 Å². The van der Waals surface area contributed by atoms with Gasteiger partial charge in [-0.25, -0.2) is 0 Å². The van der Waals surface area contributed by atoms with Crippen LogP contribution in [0.2, 0.25) is 0 Å². The Morgan fingerprint density at radius 2 is 0.909 bits per heavy atom. The van der Waals surface area contributed by atoms with Gasteiger partial charge in [0.1, 0.15) is 0 Å². The predicted molar refractivity (Wildman–Crippen MR) is 35.5 cm³/mol. The van der Waals surface area contributed by atoms with E-state index in [0.717, 1.165) is 0 Å². The molecule has 0 aromatic rings. The molecular formula is CH10N4O6. The first-order chi connectivity index (χ1) is 4.46. The van der Waals surface area contributed by atoms with Crippen LogP contribution in [0.25, 0.3) is 0 Å². The molecule has 0 unspecified atom stereocenters. The van der Waals surface area contributed by atoms with Crippen molar-refractivity contribution in [3.63, 3.8) is 0 Å². The molecule has 0 aliphatic carbocycles. The topological polar surface area (TPSA) is 197 Å². The van der Waals surface area contributed by atoms with E-state index in [4.69, 9.17) is 30.6 Å². The first kappa shape index (κ1) is 22.8. The molecule has 0 aromatic carbocycles. The smallest absolute Gasteiger partial charge is 0.0689 e. The lowest BCUT2D eigenvalue weighted by atomic mass is 11.6. The second-order valence-electron chi connectivity index (χ2n) is 0.447. The normalized spacial score (nSPS) is 4.91. The van der Waals surface area contributed by atoms with Crippen molar-refractivity contribution in [2.45, 2.75) is 0 Å². The fourth-order valence-corrected chi connectivity index (χ4v) is 0. The van der Waals surface area contributed by atoms with Crippen LogP contribution in [0, 0.1) is 30.6 Å². The highest BCUT2D eigenvalue weighted by atomic mass is 16.9. The Hall–Kier alpha value is -1.68. The van der Waals surface area contributed by atoms with E-state index in [1.807, 2.05) is 0 Å². The summed E-state index contributed by atoms with van der Waals surface area (Å²) in [5.41, 5.74) is 3.25. The van der Waals surface area contributed by atoms with E-state index in [1.54, 1.807) is 7.05 Å². The van der Waals surface area contributed by atoms with Gasteiger partial charge in [0, 0.05) is 0 Å². The van der Waals surface area contributed by atoms with Crippen LogP contribution in [0.15, 0.2) is 0 Å². The highest BCUT2D eigenvalue weighted by molar-refractivity contribution is 4.04. The van der Waals surface area contributed by atoms with Crippen LogP contribution in [-0.4, -0.2) is 17.2 Å². The van der Waals surface area contributed by atoms with Crippen molar-refractivity contribution in [2.75, 3.05) is 7.05 Å². The van der Waals surface area contributed by atoms with E-state index in [2.05, 4.69) is 5.73 Å². The third-order valence-electron chi connectivity index (χ3n) is 0. The quantitative estimate of drug-likeness (QED) is 0.339. The van der Waals surface area contributed by atoms with E-state index in [1.165, 1.54) is 0 Å². The summed E-state index contributed by atoms with van der Waals surface area (Å²) < 4.78 is 0. The summed E-state index contributed by atoms with van der Waals surface area (Å²) in [6.45, 7) is 0. The van der Waals surface area contributed by atoms with Crippen LogP contribution in [0.5, 0.6) is 0 Å². The Morgan fingerprint density at radius 3 is 0.909 bits per heavy atom. The van der Waals surface area contributed by atoms with Crippen molar-refractivity contribution >= 4 is 0 Å². The third-order valence-corrected chi connectivity index (χ3v) is 0. The van der Waals surface area contributed by atoms with Crippen LogP contribution in [0.3, 0.4) is 0 Å². The highest BCUT2D eigenvalue weighted by Crippen LogP contribution is 1.44. The number of hydrogen-bond acceptors (Lipinski definition) is 6. The average molecular weight is 174 g/mol. The molecule has 0 atom stereocenters. The molecule has 0 aliphatic rings. The van der Waals surface area contributed by atoms with Gasteiger partial charge in [-0.2, -0.15) is 0 Å². The van der Waals surface area contributed by atoms with Gasteiger partial charge >= 0.3 is 0 Å². The van der Waals surface area contributed by atoms with Gasteiger partial charge in [-0.1, -0.05) is 0 Å². The molecule has 0 amide bonds. The lowest BCUT2D eigenvalue weighted by Crippen LogP contribution is -2.40. The molecule has 0 saturated carbocycles. The average Bonchev–Trinajstić information content (AvgIpc) is 1.66. The van der Waals surface area contributed by atoms with Crippen molar-refractivity contribution < 1.29 is 15.9 Å². The van der Waals surface area contributed by atoms with Crippen LogP contribution in [-0.2, 0) is 0 Å². The Bertz CT molecular complexity index is 72.6. The van der Waals surface area contributed by atoms with Crippen molar-refractivity contribution in [3.05, 3.63) is 30.6 Å². The van der Waals surface area contributed by atoms with Crippen molar-refractivity contribution in [1.82, 2.24) is 6.15 Å². The Labute approximate surface area is 61.0 Å². The molecule has 70 valence electrons. The zero-order valence-electron chi connectivity index (χ0n) is 6.05. The van der Waals surface area contributed by atoms with E-state index in [-0.39, 0.29) is 6.15 Å². The van der Waals surface area contributed by atoms with Gasteiger partial charge in [0.25, 0.3) is 0 Å². The first-order valence-electron chi connectivity index (χ1n) is 1.80. The zero-order chi connectivity index (χ0) is 9.15. The van der Waals surface area contributed by atoms with E-state index >= 15 is 0 Å².